The molecule has 5 fully saturated rings. The minimum atomic E-state index is -1.46. The van der Waals surface area contributed by atoms with Crippen molar-refractivity contribution >= 4 is 63.9 Å². The molecule has 2 aliphatic carbocycles. The maximum absolute atomic E-state index is 14.1. The molecule has 11 aliphatic rings. The van der Waals surface area contributed by atoms with Crippen molar-refractivity contribution in [2.75, 3.05) is 54.7 Å². The number of fused-ring (bicyclic) bond motifs is 3. The van der Waals surface area contributed by atoms with Gasteiger partial charge >= 0.3 is 5.97 Å². The lowest BCUT2D eigenvalue weighted by atomic mass is 9.64. The Morgan fingerprint density at radius 1 is 0.841 bits per heavy atom. The zero-order valence-corrected chi connectivity index (χ0v) is 37.7. The zero-order chi connectivity index (χ0) is 47.1. The number of piperazine rings is 1. The summed E-state index contributed by atoms with van der Waals surface area (Å²) in [7, 11) is 0. The minimum Gasteiger partial charge on any atom is -0.480 e. The number of carbonyl (C=O) groups excluding carboxylic acids is 5. The summed E-state index contributed by atoms with van der Waals surface area (Å²) in [5.74, 6) is -3.55. The van der Waals surface area contributed by atoms with Crippen LogP contribution >= 0.6 is 0 Å². The second-order valence-electron chi connectivity index (χ2n) is 19.6. The van der Waals surface area contributed by atoms with Crippen molar-refractivity contribution in [1.82, 2.24) is 50.1 Å². The molecule has 2 saturated carbocycles. The Labute approximate surface area is 396 Å². The molecule has 4 N–H and O–H groups in total. The van der Waals surface area contributed by atoms with E-state index in [1.165, 1.54) is 18.5 Å². The van der Waals surface area contributed by atoms with Crippen LogP contribution in [-0.2, 0) is 25.6 Å². The first kappa shape index (κ1) is 43.0. The van der Waals surface area contributed by atoms with Gasteiger partial charge in [-0.05, 0) is 91.5 Å². The number of nitrogens with one attached hydrogen (secondary N) is 3. The number of anilines is 3. The quantitative estimate of drug-likeness (QED) is 0.148. The van der Waals surface area contributed by atoms with Crippen LogP contribution in [0.3, 0.4) is 0 Å². The fourth-order valence-electron chi connectivity index (χ4n) is 11.7. The first-order chi connectivity index (χ1) is 33.5. The number of hydrazine groups is 3. The van der Waals surface area contributed by atoms with E-state index in [0.717, 1.165) is 61.6 Å². The molecule has 9 aliphatic heterocycles. The number of aromatic nitrogens is 4. The fraction of sp³-hybridized carbons (Fsp3) is 0.408. The molecule has 3 aromatic carbocycles. The van der Waals surface area contributed by atoms with Gasteiger partial charge < -0.3 is 19.9 Å². The monoisotopic (exact) mass is 933 g/mol. The van der Waals surface area contributed by atoms with E-state index in [4.69, 9.17) is 9.97 Å². The Bertz CT molecular complexity index is 2910. The van der Waals surface area contributed by atoms with E-state index < -0.39 is 41.7 Å². The normalized spacial score (nSPS) is 27.9. The summed E-state index contributed by atoms with van der Waals surface area (Å²) in [5, 5.41) is 22.4. The van der Waals surface area contributed by atoms with Crippen LogP contribution in [0.5, 0.6) is 0 Å². The number of carbonyl (C=O) groups is 6. The number of imide groups is 2. The van der Waals surface area contributed by atoms with Crippen molar-refractivity contribution in [2.45, 2.75) is 81.6 Å². The van der Waals surface area contributed by atoms with Crippen LogP contribution in [0.25, 0.3) is 11.2 Å². The van der Waals surface area contributed by atoms with E-state index in [-0.39, 0.29) is 52.9 Å². The average Bonchev–Trinajstić information content (AvgIpc) is 4.03. The molecule has 20 nitrogen and oxygen atoms in total. The van der Waals surface area contributed by atoms with Crippen LogP contribution in [0, 0.1) is 5.41 Å². The lowest BCUT2D eigenvalue weighted by Gasteiger charge is -2.52. The van der Waals surface area contributed by atoms with E-state index in [1.54, 1.807) is 22.6 Å². The highest BCUT2D eigenvalue weighted by molar-refractivity contribution is 6.23. The van der Waals surface area contributed by atoms with E-state index >= 15 is 0 Å². The van der Waals surface area contributed by atoms with Crippen LogP contribution < -0.4 is 26.1 Å². The second-order valence-corrected chi connectivity index (χ2v) is 19.6. The molecule has 2 aromatic heterocycles. The average molecular weight is 934 g/mol. The van der Waals surface area contributed by atoms with Gasteiger partial charge in [-0.1, -0.05) is 36.4 Å². The summed E-state index contributed by atoms with van der Waals surface area (Å²) in [6, 6.07) is 19.9. The first-order valence-electron chi connectivity index (χ1n) is 23.8. The zero-order valence-electron chi connectivity index (χ0n) is 37.7. The number of carboxylic acids is 1. The highest BCUT2D eigenvalue weighted by Crippen LogP contribution is 2.52. The Kier molecular flexibility index (Phi) is 10.4. The summed E-state index contributed by atoms with van der Waals surface area (Å²) in [5.41, 5.74) is 7.33. The lowest BCUT2D eigenvalue weighted by molar-refractivity contribution is -0.155. The van der Waals surface area contributed by atoms with Crippen LogP contribution in [0.15, 0.2) is 85.5 Å². The van der Waals surface area contributed by atoms with Crippen molar-refractivity contribution < 1.29 is 33.9 Å². The van der Waals surface area contributed by atoms with E-state index in [2.05, 4.69) is 35.9 Å². The number of hydrogen-bond donors (Lipinski definition) is 4. The van der Waals surface area contributed by atoms with Gasteiger partial charge in [0.25, 0.3) is 11.8 Å². The topological polar surface area (TPSA) is 222 Å². The molecule has 20 heteroatoms. The van der Waals surface area contributed by atoms with Crippen LogP contribution in [-0.4, -0.2) is 137 Å². The van der Waals surface area contributed by atoms with E-state index in [1.807, 2.05) is 59.2 Å². The number of carboxylic acid groups (broad SMARTS) is 1. The third kappa shape index (κ3) is 7.53. The van der Waals surface area contributed by atoms with Gasteiger partial charge in [0, 0.05) is 69.5 Å². The molecule has 1 spiro atoms. The third-order valence-electron chi connectivity index (χ3n) is 15.4. The van der Waals surface area contributed by atoms with Gasteiger partial charge in [-0.15, -0.1) is 5.12 Å². The molecular weight excluding hydrogens is 883 g/mol. The van der Waals surface area contributed by atoms with Crippen LogP contribution in [0.2, 0.25) is 0 Å². The Morgan fingerprint density at radius 3 is 2.35 bits per heavy atom. The summed E-state index contributed by atoms with van der Waals surface area (Å²) in [4.78, 5) is 99.9. The molecule has 3 saturated heterocycles. The molecule has 5 aromatic rings. The minimum absolute atomic E-state index is 0.000766. The molecule has 16 rings (SSSR count). The first-order valence-corrected chi connectivity index (χ1v) is 23.8. The number of piperidine rings is 1. The fourth-order valence-corrected chi connectivity index (χ4v) is 11.7. The van der Waals surface area contributed by atoms with E-state index in [0.29, 0.717) is 61.1 Å². The number of nitrogens with zero attached hydrogens (tertiary/aromatic N) is 10. The summed E-state index contributed by atoms with van der Waals surface area (Å²) >= 11 is 0. The number of benzene rings is 3. The van der Waals surface area contributed by atoms with Crippen molar-refractivity contribution in [2.24, 2.45) is 5.41 Å². The Balaban J connectivity index is 0.903. The van der Waals surface area contributed by atoms with Crippen molar-refractivity contribution in [1.29, 1.82) is 0 Å². The predicted octanol–water partition coefficient (Wildman–Crippen LogP) is 3.07. The smallest absolute Gasteiger partial charge is 0.329 e. The van der Waals surface area contributed by atoms with Crippen molar-refractivity contribution in [3.8, 4) is 0 Å². The highest BCUT2D eigenvalue weighted by atomic mass is 16.4. The van der Waals surface area contributed by atoms with Gasteiger partial charge in [0.15, 0.2) is 23.0 Å². The third-order valence-corrected chi connectivity index (χ3v) is 15.4. The summed E-state index contributed by atoms with van der Waals surface area (Å²) in [6.45, 7) is 4.82. The standard InChI is InChI=1S/C49H51N13O7/c63-39-13-12-38(45(65)54-39)60-46(66)36-11-6-30(21-37(36)47(60)67)42(48(68)69)62-58-15-14-49(26-58)24-35(25-49)57-18-16-56(17-19-57)32-7-9-33(10-8-32)61(62)55-43-41-44(51-27-50-43)59(28-52-41)34-22-31(23-34)53-40(64)20-29-4-2-1-3-5-29/h1-11,21,27-28,31,34-35,38,42H,12-20,22-26H2,(H,53,64)(H,68,69)(H,50,51,55)(H,54,63,65)/t31?,34?,35?,38-,42-,49?/m0/s1. The molecule has 354 valence electrons. The number of rotatable bonds is 10. The van der Waals surface area contributed by atoms with Crippen molar-refractivity contribution in [3.63, 3.8) is 0 Å². The predicted molar refractivity (Wildman–Crippen MR) is 249 cm³/mol. The van der Waals surface area contributed by atoms with Crippen LogP contribution in [0.1, 0.15) is 88.9 Å². The summed E-state index contributed by atoms with van der Waals surface area (Å²) < 4.78 is 2.00. The molecule has 1 unspecified atom stereocenters. The molecule has 7 bridgehead atoms. The Hall–Kier alpha value is -7.29. The lowest BCUT2D eigenvalue weighted by Crippen LogP contribution is -2.60. The van der Waals surface area contributed by atoms with Gasteiger partial charge in [0.05, 0.1) is 29.6 Å². The van der Waals surface area contributed by atoms with Gasteiger partial charge in [0.1, 0.15) is 12.4 Å². The Morgan fingerprint density at radius 2 is 1.59 bits per heavy atom. The molecule has 5 amide bonds. The molecular formula is C49H51N13O7. The maximum atomic E-state index is 14.1. The van der Waals surface area contributed by atoms with E-state index in [9.17, 15) is 33.9 Å². The highest BCUT2D eigenvalue weighted by Gasteiger charge is 2.54. The molecule has 69 heavy (non-hydrogen) atoms. The largest absolute Gasteiger partial charge is 0.480 e. The molecule has 0 radical (unpaired) electrons. The number of hydrogen-bond acceptors (Lipinski definition) is 15. The van der Waals surface area contributed by atoms with Gasteiger partial charge in [-0.3, -0.25) is 49.3 Å². The van der Waals surface area contributed by atoms with Gasteiger partial charge in [0.2, 0.25) is 17.7 Å². The number of amides is 5. The number of imidazole rings is 1. The molecule has 3 atom stereocenters. The van der Waals surface area contributed by atoms with Gasteiger partial charge in [-0.2, -0.15) is 0 Å². The van der Waals surface area contributed by atoms with Gasteiger partial charge in [-0.25, -0.2) is 25.1 Å². The summed E-state index contributed by atoms with van der Waals surface area (Å²) in [6.07, 6.45) is 7.65. The van der Waals surface area contributed by atoms with Crippen molar-refractivity contribution in [3.05, 3.63) is 108 Å². The second kappa shape index (κ2) is 16.7. The maximum Gasteiger partial charge on any atom is 0.329 e. The number of aliphatic carboxylic acids is 1. The molecule has 11 heterocycles. The van der Waals surface area contributed by atoms with Crippen LogP contribution in [0.4, 0.5) is 17.2 Å². The SMILES string of the molecule is O=C1CC[C@H](N2C(=O)c3ccc([C@@H](C(=O)O)N4N5CCC6(CC(C6)N6CCN(CC6)c6ccc(cc6)N4Nc4ncnc6c4ncn6C4CC(NC(=O)Cc6ccccc6)C4)C5)cc3C2=O)C(=O)N1.